The molecule has 3 atom stereocenters. The molecule has 0 amide bonds. The van der Waals surface area contributed by atoms with E-state index in [-0.39, 0.29) is 18.0 Å². The highest BCUT2D eigenvalue weighted by atomic mass is 16.7. The van der Waals surface area contributed by atoms with Crippen LogP contribution < -0.4 is 0 Å². The zero-order chi connectivity index (χ0) is 18.4. The van der Waals surface area contributed by atoms with E-state index in [1.165, 1.54) is 18.4 Å². The average molecular weight is 344 g/mol. The molecular weight excluding hydrogens is 312 g/mol. The second-order valence-electron chi connectivity index (χ2n) is 7.96. The lowest BCUT2D eigenvalue weighted by atomic mass is 9.91. The first-order valence-corrected chi connectivity index (χ1v) is 9.43. The second kappa shape index (κ2) is 8.66. The normalized spacial score (nSPS) is 23.5. The first kappa shape index (κ1) is 19.7. The topological polar surface area (TPSA) is 35.5 Å². The largest absolute Gasteiger partial charge is 0.434 e. The van der Waals surface area contributed by atoms with Gasteiger partial charge in [-0.05, 0) is 45.2 Å². The minimum atomic E-state index is -0.565. The third kappa shape index (κ3) is 5.43. The van der Waals surface area contributed by atoms with Crippen molar-refractivity contribution in [1.29, 1.82) is 0 Å². The highest BCUT2D eigenvalue weighted by Gasteiger charge is 2.35. The van der Waals surface area contributed by atoms with Gasteiger partial charge in [-0.1, -0.05) is 62.6 Å². The van der Waals surface area contributed by atoms with E-state index < -0.39 is 11.7 Å². The van der Waals surface area contributed by atoms with Gasteiger partial charge in [-0.3, -0.25) is 4.79 Å². The predicted octanol–water partition coefficient (Wildman–Crippen LogP) is 5.53. The molecule has 1 aliphatic heterocycles. The molecule has 0 aromatic heterocycles. The Kier molecular flexibility index (Phi) is 6.83. The molecule has 0 saturated carbocycles. The summed E-state index contributed by atoms with van der Waals surface area (Å²) in [4.78, 5) is 12.4. The summed E-state index contributed by atoms with van der Waals surface area (Å²) in [5, 5.41) is 0. The first-order chi connectivity index (χ1) is 11.8. The van der Waals surface area contributed by atoms with E-state index in [4.69, 9.17) is 9.47 Å². The van der Waals surface area contributed by atoms with Crippen LogP contribution in [0.25, 0.3) is 0 Å². The number of aryl methyl sites for hydroxylation is 1. The molecule has 0 N–H and O–H groups in total. The molecule has 3 nitrogen and oxygen atoms in total. The van der Waals surface area contributed by atoms with E-state index in [2.05, 4.69) is 38.1 Å². The van der Waals surface area contributed by atoms with Crippen molar-refractivity contribution in [3.8, 4) is 0 Å². The zero-order valence-corrected chi connectivity index (χ0v) is 16.2. The number of ether oxygens (including phenoxy) is 2. The van der Waals surface area contributed by atoms with Crippen molar-refractivity contribution in [1.82, 2.24) is 0 Å². The van der Waals surface area contributed by atoms with Crippen LogP contribution in [-0.2, 0) is 14.3 Å². The van der Waals surface area contributed by atoms with Crippen LogP contribution in [0.2, 0.25) is 0 Å². The highest BCUT2D eigenvalue weighted by Crippen LogP contribution is 2.34. The third-order valence-electron chi connectivity index (χ3n) is 4.61. The number of unbranched alkanes of at least 4 members (excludes halogenated alkanes) is 2. The van der Waals surface area contributed by atoms with Crippen LogP contribution >= 0.6 is 0 Å². The van der Waals surface area contributed by atoms with Gasteiger partial charge in [0.05, 0.1) is 17.4 Å². The molecule has 1 aromatic rings. The molecule has 1 heterocycles. The van der Waals surface area contributed by atoms with Crippen LogP contribution in [0.4, 0.5) is 0 Å². The summed E-state index contributed by atoms with van der Waals surface area (Å²) in [6.45, 7) is 9.89. The van der Waals surface area contributed by atoms with Crippen LogP contribution in [0, 0.1) is 12.3 Å². The maximum atomic E-state index is 12.4. The van der Waals surface area contributed by atoms with E-state index in [9.17, 15) is 4.79 Å². The van der Waals surface area contributed by atoms with E-state index in [1.54, 1.807) is 0 Å². The quantitative estimate of drug-likeness (QED) is 0.387. The Morgan fingerprint density at radius 1 is 1.16 bits per heavy atom. The van der Waals surface area contributed by atoms with Crippen LogP contribution in [0.15, 0.2) is 36.4 Å². The number of hydrogen-bond donors (Lipinski definition) is 0. The standard InChI is InChI=1S/C22H32O3/c1-6-7-8-12-17-14-15-19(18-13-10-9-11-16(18)2)20(24-17)25-21(23)22(3,4)5/h9-11,13-15,17,19-20H,6-8,12H2,1-5H3/t17-,19-,20-/m1/s1. The van der Waals surface area contributed by atoms with Crippen molar-refractivity contribution in [3.63, 3.8) is 0 Å². The summed E-state index contributed by atoms with van der Waals surface area (Å²) >= 11 is 0. The Labute approximate surface area is 152 Å². The van der Waals surface area contributed by atoms with Crippen molar-refractivity contribution >= 4 is 5.97 Å². The maximum Gasteiger partial charge on any atom is 0.313 e. The number of carbonyl (C=O) groups is 1. The summed E-state index contributed by atoms with van der Waals surface area (Å²) < 4.78 is 12.0. The van der Waals surface area contributed by atoms with Crippen molar-refractivity contribution in [3.05, 3.63) is 47.5 Å². The van der Waals surface area contributed by atoms with Gasteiger partial charge in [-0.2, -0.15) is 0 Å². The summed E-state index contributed by atoms with van der Waals surface area (Å²) in [7, 11) is 0. The SMILES string of the molecule is CCCCC[C@@H]1C=C[C@H](c2ccccc2C)[C@@H](OC(=O)C(C)(C)C)O1. The molecule has 0 unspecified atom stereocenters. The molecular formula is C22H32O3. The van der Waals surface area contributed by atoms with Crippen molar-refractivity contribution in [2.24, 2.45) is 5.41 Å². The van der Waals surface area contributed by atoms with Crippen molar-refractivity contribution in [2.75, 3.05) is 0 Å². The smallest absolute Gasteiger partial charge is 0.313 e. The summed E-state index contributed by atoms with van der Waals surface area (Å²) in [5.41, 5.74) is 1.79. The molecule has 1 aliphatic rings. The Hall–Kier alpha value is -1.61. The van der Waals surface area contributed by atoms with Crippen molar-refractivity contribution in [2.45, 2.75) is 78.6 Å². The number of rotatable bonds is 6. The van der Waals surface area contributed by atoms with Gasteiger partial charge in [0.1, 0.15) is 0 Å². The molecule has 3 heteroatoms. The summed E-state index contributed by atoms with van der Waals surface area (Å²) in [6, 6.07) is 8.21. The molecule has 0 radical (unpaired) electrons. The van der Waals surface area contributed by atoms with Gasteiger partial charge in [0.25, 0.3) is 0 Å². The molecule has 138 valence electrons. The minimum absolute atomic E-state index is 0.0181. The first-order valence-electron chi connectivity index (χ1n) is 9.43. The van der Waals surface area contributed by atoms with Gasteiger partial charge >= 0.3 is 5.97 Å². The van der Waals surface area contributed by atoms with E-state index in [0.717, 1.165) is 18.4 Å². The lowest BCUT2D eigenvalue weighted by Crippen LogP contribution is -2.37. The fraction of sp³-hybridized carbons (Fsp3) is 0.591. The molecule has 0 fully saturated rings. The highest BCUT2D eigenvalue weighted by molar-refractivity contribution is 5.75. The molecule has 25 heavy (non-hydrogen) atoms. The van der Waals surface area contributed by atoms with Crippen LogP contribution in [0.1, 0.15) is 70.4 Å². The maximum absolute atomic E-state index is 12.4. The van der Waals surface area contributed by atoms with Gasteiger partial charge in [0.15, 0.2) is 0 Å². The lowest BCUT2D eigenvalue weighted by molar-refractivity contribution is -0.199. The van der Waals surface area contributed by atoms with Gasteiger partial charge in [-0.15, -0.1) is 0 Å². The molecule has 2 rings (SSSR count). The van der Waals surface area contributed by atoms with E-state index >= 15 is 0 Å². The van der Waals surface area contributed by atoms with Crippen molar-refractivity contribution < 1.29 is 14.3 Å². The van der Waals surface area contributed by atoms with Crippen LogP contribution in [0.3, 0.4) is 0 Å². The Morgan fingerprint density at radius 2 is 1.88 bits per heavy atom. The number of esters is 1. The van der Waals surface area contributed by atoms with Crippen LogP contribution in [0.5, 0.6) is 0 Å². The zero-order valence-electron chi connectivity index (χ0n) is 16.2. The summed E-state index contributed by atoms with van der Waals surface area (Å²) in [6.07, 6.45) is 8.21. The number of benzene rings is 1. The monoisotopic (exact) mass is 344 g/mol. The third-order valence-corrected chi connectivity index (χ3v) is 4.61. The van der Waals surface area contributed by atoms with E-state index in [1.807, 2.05) is 32.9 Å². The molecule has 0 spiro atoms. The summed E-state index contributed by atoms with van der Waals surface area (Å²) in [5.74, 6) is -0.284. The van der Waals surface area contributed by atoms with Crippen LogP contribution in [-0.4, -0.2) is 18.4 Å². The van der Waals surface area contributed by atoms with Gasteiger partial charge in [0.2, 0.25) is 6.29 Å². The number of hydrogen-bond acceptors (Lipinski definition) is 3. The fourth-order valence-corrected chi connectivity index (χ4v) is 2.99. The van der Waals surface area contributed by atoms with E-state index in [0.29, 0.717) is 0 Å². The molecule has 0 saturated heterocycles. The average Bonchev–Trinajstić information content (AvgIpc) is 2.55. The number of carbonyl (C=O) groups excluding carboxylic acids is 1. The van der Waals surface area contributed by atoms with Gasteiger partial charge in [-0.25, -0.2) is 0 Å². The molecule has 1 aromatic carbocycles. The fourth-order valence-electron chi connectivity index (χ4n) is 2.99. The Morgan fingerprint density at radius 3 is 2.52 bits per heavy atom. The predicted molar refractivity (Wildman–Crippen MR) is 101 cm³/mol. The molecule has 0 aliphatic carbocycles. The Bertz CT molecular complexity index is 598. The lowest BCUT2D eigenvalue weighted by Gasteiger charge is -2.34. The minimum Gasteiger partial charge on any atom is -0.434 e. The molecule has 0 bridgehead atoms. The van der Waals surface area contributed by atoms with Gasteiger partial charge < -0.3 is 9.47 Å². The second-order valence-corrected chi connectivity index (χ2v) is 7.96. The Balaban J connectivity index is 2.20. The van der Waals surface area contributed by atoms with Gasteiger partial charge in [0, 0.05) is 0 Å².